The van der Waals surface area contributed by atoms with Crippen molar-refractivity contribution >= 4 is 11.7 Å². The normalized spacial score (nSPS) is 14.9. The molecule has 1 amide bonds. The molecule has 1 aliphatic heterocycles. The minimum atomic E-state index is -4.39. The Kier molecular flexibility index (Phi) is 7.38. The van der Waals surface area contributed by atoms with Gasteiger partial charge in [0.1, 0.15) is 5.82 Å². The number of nitrogens with zero attached hydrogens (tertiary/aromatic N) is 5. The largest absolute Gasteiger partial charge is 0.417 e. The molecule has 3 heterocycles. The molecule has 1 fully saturated rings. The van der Waals surface area contributed by atoms with Gasteiger partial charge in [0.25, 0.3) is 0 Å². The van der Waals surface area contributed by atoms with Gasteiger partial charge in [-0.3, -0.25) is 9.48 Å². The predicted molar refractivity (Wildman–Crippen MR) is 113 cm³/mol. The quantitative estimate of drug-likeness (QED) is 0.700. The molecule has 0 aliphatic carbocycles. The summed E-state index contributed by atoms with van der Waals surface area (Å²) in [4.78, 5) is 18.3. The Morgan fingerprint density at radius 1 is 1.28 bits per heavy atom. The van der Waals surface area contributed by atoms with Gasteiger partial charge in [0, 0.05) is 37.4 Å². The Bertz CT molecular complexity index is 969. The highest BCUT2D eigenvalue weighted by Gasteiger charge is 2.31. The molecule has 2 aromatic heterocycles. The summed E-state index contributed by atoms with van der Waals surface area (Å²) >= 11 is 0. The third-order valence-corrected chi connectivity index (χ3v) is 5.83. The van der Waals surface area contributed by atoms with E-state index in [9.17, 15) is 18.0 Å². The van der Waals surface area contributed by atoms with Gasteiger partial charge in [0.15, 0.2) is 0 Å². The number of aryl methyl sites for hydroxylation is 2. The summed E-state index contributed by atoms with van der Waals surface area (Å²) < 4.78 is 39.9. The smallest absolute Gasteiger partial charge is 0.356 e. The van der Waals surface area contributed by atoms with Gasteiger partial charge in [0.2, 0.25) is 5.91 Å². The van der Waals surface area contributed by atoms with Crippen LogP contribution >= 0.6 is 0 Å². The number of hydrogen-bond acceptors (Lipinski definition) is 5. The monoisotopic (exact) mass is 448 g/mol. The average Bonchev–Trinajstić information content (AvgIpc) is 3.03. The maximum atomic E-state index is 12.7. The SMILES string of the molecule is Cc1nn(CCC#N)c(C)c1CCC(=O)NC1CCN(c2ccc(C(F)(F)F)cn2)CC1. The molecular weight excluding hydrogens is 421 g/mol. The minimum absolute atomic E-state index is 0.0281. The molecule has 10 heteroatoms. The van der Waals surface area contributed by atoms with E-state index in [4.69, 9.17) is 5.26 Å². The fourth-order valence-corrected chi connectivity index (χ4v) is 4.00. The van der Waals surface area contributed by atoms with Crippen LogP contribution < -0.4 is 10.2 Å². The van der Waals surface area contributed by atoms with Crippen LogP contribution in [-0.4, -0.2) is 39.8 Å². The van der Waals surface area contributed by atoms with E-state index in [0.29, 0.717) is 57.6 Å². The number of rotatable bonds is 7. The Hall–Kier alpha value is -3.09. The number of carbonyl (C=O) groups is 1. The second kappa shape index (κ2) is 10.0. The van der Waals surface area contributed by atoms with E-state index >= 15 is 0 Å². The molecule has 7 nitrogen and oxygen atoms in total. The predicted octanol–water partition coefficient (Wildman–Crippen LogP) is 3.55. The average molecular weight is 448 g/mol. The van der Waals surface area contributed by atoms with Gasteiger partial charge in [-0.15, -0.1) is 0 Å². The zero-order chi connectivity index (χ0) is 23.3. The first kappa shape index (κ1) is 23.6. The Labute approximate surface area is 185 Å². The van der Waals surface area contributed by atoms with E-state index in [0.717, 1.165) is 29.2 Å². The van der Waals surface area contributed by atoms with Crippen molar-refractivity contribution in [1.29, 1.82) is 5.26 Å². The summed E-state index contributed by atoms with van der Waals surface area (Å²) in [5, 5.41) is 16.3. The summed E-state index contributed by atoms with van der Waals surface area (Å²) in [6, 6.07) is 4.58. The van der Waals surface area contributed by atoms with Crippen molar-refractivity contribution in [1.82, 2.24) is 20.1 Å². The molecule has 1 saturated heterocycles. The summed E-state index contributed by atoms with van der Waals surface area (Å²) in [6.07, 6.45) is -0.790. The van der Waals surface area contributed by atoms with Gasteiger partial charge in [-0.1, -0.05) is 0 Å². The lowest BCUT2D eigenvalue weighted by atomic mass is 10.0. The first-order valence-corrected chi connectivity index (χ1v) is 10.7. The number of anilines is 1. The fourth-order valence-electron chi connectivity index (χ4n) is 4.00. The second-order valence-corrected chi connectivity index (χ2v) is 8.01. The van der Waals surface area contributed by atoms with Gasteiger partial charge in [-0.05, 0) is 50.8 Å². The summed E-state index contributed by atoms with van der Waals surface area (Å²) in [5.41, 5.74) is 2.15. The van der Waals surface area contributed by atoms with E-state index in [1.54, 1.807) is 0 Å². The van der Waals surface area contributed by atoms with Gasteiger partial charge in [-0.25, -0.2) is 4.98 Å². The van der Waals surface area contributed by atoms with Crippen molar-refractivity contribution in [2.24, 2.45) is 0 Å². The van der Waals surface area contributed by atoms with Crippen LogP contribution in [0.1, 0.15) is 48.2 Å². The standard InChI is InChI=1S/C22H27F3N6O/c1-15-19(16(2)31(29-15)11-3-10-26)5-7-21(32)28-18-8-12-30(13-9-18)20-6-4-17(14-27-20)22(23,24)25/h4,6,14,18H,3,5,7-9,11-13H2,1-2H3,(H,28,32). The van der Waals surface area contributed by atoms with Crippen molar-refractivity contribution < 1.29 is 18.0 Å². The van der Waals surface area contributed by atoms with Gasteiger partial charge < -0.3 is 10.2 Å². The van der Waals surface area contributed by atoms with E-state index in [2.05, 4.69) is 21.5 Å². The molecule has 0 atom stereocenters. The number of pyridine rings is 1. The van der Waals surface area contributed by atoms with Crippen molar-refractivity contribution in [2.75, 3.05) is 18.0 Å². The highest BCUT2D eigenvalue weighted by Crippen LogP contribution is 2.29. The van der Waals surface area contributed by atoms with Gasteiger partial charge >= 0.3 is 6.18 Å². The molecule has 0 bridgehead atoms. The van der Waals surface area contributed by atoms with Crippen LogP contribution in [0.3, 0.4) is 0 Å². The second-order valence-electron chi connectivity index (χ2n) is 8.01. The van der Waals surface area contributed by atoms with Gasteiger partial charge in [-0.2, -0.15) is 23.5 Å². The zero-order valence-corrected chi connectivity index (χ0v) is 18.2. The Morgan fingerprint density at radius 3 is 2.59 bits per heavy atom. The Morgan fingerprint density at radius 2 is 2.00 bits per heavy atom. The van der Waals surface area contributed by atoms with Crippen LogP contribution in [0.2, 0.25) is 0 Å². The zero-order valence-electron chi connectivity index (χ0n) is 18.2. The van der Waals surface area contributed by atoms with Crippen molar-refractivity contribution in [2.45, 2.75) is 64.7 Å². The topological polar surface area (TPSA) is 86.8 Å². The number of nitrogens with one attached hydrogen (secondary N) is 1. The number of nitriles is 1. The molecule has 1 N–H and O–H groups in total. The molecule has 172 valence electrons. The number of amides is 1. The van der Waals surface area contributed by atoms with Crippen molar-refractivity contribution in [3.8, 4) is 6.07 Å². The minimum Gasteiger partial charge on any atom is -0.356 e. The maximum Gasteiger partial charge on any atom is 0.417 e. The van der Waals surface area contributed by atoms with E-state index in [1.807, 2.05) is 23.4 Å². The van der Waals surface area contributed by atoms with Crippen LogP contribution in [0.5, 0.6) is 0 Å². The number of carbonyl (C=O) groups excluding carboxylic acids is 1. The van der Waals surface area contributed by atoms with Crippen molar-refractivity contribution in [3.05, 3.63) is 40.8 Å². The molecule has 0 radical (unpaired) electrons. The van der Waals surface area contributed by atoms with Crippen LogP contribution in [0.25, 0.3) is 0 Å². The maximum absolute atomic E-state index is 12.7. The molecule has 0 unspecified atom stereocenters. The molecule has 3 rings (SSSR count). The lowest BCUT2D eigenvalue weighted by Crippen LogP contribution is -2.45. The first-order chi connectivity index (χ1) is 15.2. The van der Waals surface area contributed by atoms with Gasteiger partial charge in [0.05, 0.1) is 30.3 Å². The lowest BCUT2D eigenvalue weighted by molar-refractivity contribution is -0.137. The van der Waals surface area contributed by atoms with Crippen molar-refractivity contribution in [3.63, 3.8) is 0 Å². The molecule has 0 saturated carbocycles. The lowest BCUT2D eigenvalue weighted by Gasteiger charge is -2.33. The Balaban J connectivity index is 1.46. The number of hydrogen-bond donors (Lipinski definition) is 1. The highest BCUT2D eigenvalue weighted by molar-refractivity contribution is 5.76. The third-order valence-electron chi connectivity index (χ3n) is 5.83. The fraction of sp³-hybridized carbons (Fsp3) is 0.545. The summed E-state index contributed by atoms with van der Waals surface area (Å²) in [6.45, 7) is 5.64. The number of aromatic nitrogens is 3. The first-order valence-electron chi connectivity index (χ1n) is 10.7. The van der Waals surface area contributed by atoms with E-state index < -0.39 is 11.7 Å². The van der Waals surface area contributed by atoms with E-state index in [1.165, 1.54) is 6.07 Å². The number of piperidine rings is 1. The molecular formula is C22H27F3N6O. The van der Waals surface area contributed by atoms with Crippen LogP contribution in [-0.2, 0) is 23.9 Å². The molecule has 1 aliphatic rings. The third kappa shape index (κ3) is 5.78. The molecule has 2 aromatic rings. The molecule has 0 spiro atoms. The summed E-state index contributed by atoms with van der Waals surface area (Å²) in [5.74, 6) is 0.488. The highest BCUT2D eigenvalue weighted by atomic mass is 19.4. The van der Waals surface area contributed by atoms with Crippen LogP contribution in [0, 0.1) is 25.2 Å². The van der Waals surface area contributed by atoms with Crippen LogP contribution in [0.15, 0.2) is 18.3 Å². The summed E-state index contributed by atoms with van der Waals surface area (Å²) in [7, 11) is 0. The number of halogens is 3. The van der Waals surface area contributed by atoms with E-state index in [-0.39, 0.29) is 11.9 Å². The number of alkyl halides is 3. The molecule has 0 aromatic carbocycles. The molecule has 32 heavy (non-hydrogen) atoms. The van der Waals surface area contributed by atoms with Crippen LogP contribution in [0.4, 0.5) is 19.0 Å².